The third kappa shape index (κ3) is 2.06. The molecule has 0 aliphatic carbocycles. The molecule has 2 rings (SSSR count). The minimum Gasteiger partial charge on any atom is -0.472 e. The summed E-state index contributed by atoms with van der Waals surface area (Å²) in [5.74, 6) is 0.952. The monoisotopic (exact) mass is 191 g/mol. The molecule has 2 aromatic rings. The van der Waals surface area contributed by atoms with E-state index >= 15 is 0 Å². The normalized spacial score (nSPS) is 12.9. The smallest absolute Gasteiger partial charge is 0.120 e. The van der Waals surface area contributed by atoms with Crippen LogP contribution in [0.25, 0.3) is 0 Å². The van der Waals surface area contributed by atoms with Crippen LogP contribution in [-0.2, 0) is 6.54 Å². The maximum absolute atomic E-state index is 5.28. The Bertz CT molecular complexity index is 351. The lowest BCUT2D eigenvalue weighted by molar-refractivity contribution is 0.429. The van der Waals surface area contributed by atoms with Crippen LogP contribution in [0.4, 0.5) is 0 Å². The Morgan fingerprint density at radius 2 is 2.29 bits per heavy atom. The molecule has 0 radical (unpaired) electrons. The fourth-order valence-corrected chi connectivity index (χ4v) is 1.30. The number of hydrogen-bond acceptors (Lipinski definition) is 3. The van der Waals surface area contributed by atoms with Gasteiger partial charge in [0.2, 0.25) is 0 Å². The van der Waals surface area contributed by atoms with Crippen molar-refractivity contribution >= 4 is 0 Å². The highest BCUT2D eigenvalue weighted by Gasteiger charge is 2.06. The van der Waals surface area contributed by atoms with Gasteiger partial charge < -0.3 is 14.2 Å². The summed E-state index contributed by atoms with van der Waals surface area (Å²) in [5.41, 5.74) is 1.14. The number of hydrogen-bond donors (Lipinski definition) is 1. The van der Waals surface area contributed by atoms with Gasteiger partial charge in [-0.15, -0.1) is 0 Å². The van der Waals surface area contributed by atoms with Crippen LogP contribution in [0.2, 0.25) is 0 Å². The molecule has 0 aliphatic rings. The number of rotatable bonds is 4. The van der Waals surface area contributed by atoms with E-state index in [1.54, 1.807) is 18.8 Å². The Balaban J connectivity index is 1.87. The van der Waals surface area contributed by atoms with E-state index in [9.17, 15) is 0 Å². The van der Waals surface area contributed by atoms with Crippen molar-refractivity contribution < 1.29 is 8.83 Å². The quantitative estimate of drug-likeness (QED) is 0.807. The van der Waals surface area contributed by atoms with Crippen molar-refractivity contribution in [3.8, 4) is 0 Å². The third-order valence-electron chi connectivity index (χ3n) is 2.16. The molecule has 1 atom stereocenters. The van der Waals surface area contributed by atoms with E-state index in [2.05, 4.69) is 12.2 Å². The van der Waals surface area contributed by atoms with Gasteiger partial charge in [-0.3, -0.25) is 0 Å². The molecule has 0 saturated carbocycles. The maximum Gasteiger partial charge on any atom is 0.120 e. The van der Waals surface area contributed by atoms with Crippen LogP contribution in [0.1, 0.15) is 24.3 Å². The summed E-state index contributed by atoms with van der Waals surface area (Å²) in [6.45, 7) is 2.86. The van der Waals surface area contributed by atoms with Gasteiger partial charge in [0.1, 0.15) is 5.76 Å². The Labute approximate surface area is 82.7 Å². The number of furan rings is 2. The minimum absolute atomic E-state index is 0.222. The second kappa shape index (κ2) is 4.15. The van der Waals surface area contributed by atoms with Crippen molar-refractivity contribution in [2.75, 3.05) is 0 Å². The topological polar surface area (TPSA) is 38.3 Å². The van der Waals surface area contributed by atoms with Crippen LogP contribution in [0, 0.1) is 0 Å². The fraction of sp³-hybridized carbons (Fsp3) is 0.273. The highest BCUT2D eigenvalue weighted by Crippen LogP contribution is 2.13. The van der Waals surface area contributed by atoms with Crippen LogP contribution >= 0.6 is 0 Å². The molecule has 74 valence electrons. The summed E-state index contributed by atoms with van der Waals surface area (Å²) < 4.78 is 10.3. The van der Waals surface area contributed by atoms with Gasteiger partial charge in [0.25, 0.3) is 0 Å². The predicted octanol–water partition coefficient (Wildman–Crippen LogP) is 2.72. The zero-order chi connectivity index (χ0) is 9.80. The molecule has 3 heteroatoms. The van der Waals surface area contributed by atoms with Crippen LogP contribution in [0.3, 0.4) is 0 Å². The molecular formula is C11H13NO2. The van der Waals surface area contributed by atoms with Crippen molar-refractivity contribution in [2.24, 2.45) is 0 Å². The van der Waals surface area contributed by atoms with Crippen molar-refractivity contribution in [1.29, 1.82) is 0 Å². The average Bonchev–Trinajstić information content (AvgIpc) is 2.87. The third-order valence-corrected chi connectivity index (χ3v) is 2.16. The molecule has 0 amide bonds. The Kier molecular flexibility index (Phi) is 2.70. The van der Waals surface area contributed by atoms with E-state index in [0.29, 0.717) is 0 Å². The highest BCUT2D eigenvalue weighted by molar-refractivity contribution is 5.07. The first-order valence-corrected chi connectivity index (χ1v) is 4.64. The molecule has 0 unspecified atom stereocenters. The van der Waals surface area contributed by atoms with E-state index in [0.717, 1.165) is 17.9 Å². The zero-order valence-corrected chi connectivity index (χ0v) is 8.07. The Hall–Kier alpha value is -1.48. The van der Waals surface area contributed by atoms with E-state index in [-0.39, 0.29) is 6.04 Å². The van der Waals surface area contributed by atoms with Crippen molar-refractivity contribution in [2.45, 2.75) is 19.5 Å². The van der Waals surface area contributed by atoms with Gasteiger partial charge in [0.15, 0.2) is 0 Å². The van der Waals surface area contributed by atoms with E-state index in [4.69, 9.17) is 8.83 Å². The second-order valence-corrected chi connectivity index (χ2v) is 3.25. The molecule has 0 bridgehead atoms. The van der Waals surface area contributed by atoms with E-state index in [1.165, 1.54) is 0 Å². The molecule has 1 N–H and O–H groups in total. The minimum atomic E-state index is 0.222. The number of nitrogens with one attached hydrogen (secondary N) is 1. The summed E-state index contributed by atoms with van der Waals surface area (Å²) in [7, 11) is 0. The predicted molar refractivity (Wildman–Crippen MR) is 52.7 cm³/mol. The highest BCUT2D eigenvalue weighted by atomic mass is 16.3. The van der Waals surface area contributed by atoms with Crippen molar-refractivity contribution in [1.82, 2.24) is 5.32 Å². The molecule has 0 spiro atoms. The Morgan fingerprint density at radius 1 is 1.36 bits per heavy atom. The van der Waals surface area contributed by atoms with Crippen LogP contribution in [0.5, 0.6) is 0 Å². The van der Waals surface area contributed by atoms with Crippen LogP contribution in [-0.4, -0.2) is 0 Å². The lowest BCUT2D eigenvalue weighted by Gasteiger charge is -2.09. The zero-order valence-electron chi connectivity index (χ0n) is 8.07. The van der Waals surface area contributed by atoms with Gasteiger partial charge in [0, 0.05) is 12.1 Å². The summed E-state index contributed by atoms with van der Waals surface area (Å²) in [4.78, 5) is 0. The lowest BCUT2D eigenvalue weighted by Crippen LogP contribution is -2.17. The summed E-state index contributed by atoms with van der Waals surface area (Å²) in [5, 5.41) is 3.33. The van der Waals surface area contributed by atoms with E-state index in [1.807, 2.05) is 18.2 Å². The molecule has 14 heavy (non-hydrogen) atoms. The Morgan fingerprint density at radius 3 is 2.93 bits per heavy atom. The summed E-state index contributed by atoms with van der Waals surface area (Å²) in [6.07, 6.45) is 5.10. The average molecular weight is 191 g/mol. The molecular weight excluding hydrogens is 178 g/mol. The van der Waals surface area contributed by atoms with Gasteiger partial charge in [0.05, 0.1) is 24.8 Å². The lowest BCUT2D eigenvalue weighted by atomic mass is 10.2. The fourth-order valence-electron chi connectivity index (χ4n) is 1.30. The summed E-state index contributed by atoms with van der Waals surface area (Å²) in [6, 6.07) is 6.03. The maximum atomic E-state index is 5.28. The molecule has 3 nitrogen and oxygen atoms in total. The van der Waals surface area contributed by atoms with Crippen molar-refractivity contribution in [3.05, 3.63) is 48.3 Å². The molecule has 0 aromatic carbocycles. The first-order chi connectivity index (χ1) is 6.86. The van der Waals surface area contributed by atoms with Crippen LogP contribution < -0.4 is 5.32 Å². The summed E-state index contributed by atoms with van der Waals surface area (Å²) >= 11 is 0. The molecule has 0 saturated heterocycles. The van der Waals surface area contributed by atoms with Crippen molar-refractivity contribution in [3.63, 3.8) is 0 Å². The second-order valence-electron chi connectivity index (χ2n) is 3.25. The van der Waals surface area contributed by atoms with Crippen LogP contribution in [0.15, 0.2) is 45.8 Å². The standard InChI is InChI=1S/C11H13NO2/c1-9(11-3-2-5-14-11)12-7-10-4-6-13-8-10/h2-6,8-9,12H,7H2,1H3/t9-/m1/s1. The first kappa shape index (κ1) is 9.09. The molecule has 0 fully saturated rings. The molecule has 0 aliphatic heterocycles. The SMILES string of the molecule is C[C@@H](NCc1ccoc1)c1ccco1. The van der Waals surface area contributed by atoms with Gasteiger partial charge in [-0.1, -0.05) is 0 Å². The van der Waals surface area contributed by atoms with Gasteiger partial charge in [-0.05, 0) is 25.1 Å². The van der Waals surface area contributed by atoms with E-state index < -0.39 is 0 Å². The first-order valence-electron chi connectivity index (χ1n) is 4.64. The van der Waals surface area contributed by atoms with Gasteiger partial charge >= 0.3 is 0 Å². The van der Waals surface area contributed by atoms with Gasteiger partial charge in [-0.25, -0.2) is 0 Å². The van der Waals surface area contributed by atoms with Gasteiger partial charge in [-0.2, -0.15) is 0 Å². The molecule has 2 aromatic heterocycles. The largest absolute Gasteiger partial charge is 0.472 e. The molecule has 2 heterocycles.